The average Bonchev–Trinajstić information content (AvgIpc) is 2.69. The first-order valence-electron chi connectivity index (χ1n) is 5.08. The minimum absolute atomic E-state index is 0.0934. The van der Waals surface area contributed by atoms with Crippen LogP contribution in [0.15, 0.2) is 34.9 Å². The molecule has 2 aromatic rings. The lowest BCUT2D eigenvalue weighted by Crippen LogP contribution is -2.19. The van der Waals surface area contributed by atoms with Crippen molar-refractivity contribution in [2.24, 2.45) is 0 Å². The minimum atomic E-state index is -0.207. The fraction of sp³-hybridized carbons (Fsp3) is 0.0909. The first-order chi connectivity index (χ1) is 8.54. The third-order valence-electron chi connectivity index (χ3n) is 2.17. The van der Waals surface area contributed by atoms with E-state index in [4.69, 9.17) is 17.3 Å². The molecular weight excluding hydrogens is 320 g/mol. The molecule has 0 atom stereocenters. The number of aromatic nitrogens is 2. The van der Waals surface area contributed by atoms with Crippen molar-refractivity contribution in [2.45, 2.75) is 6.54 Å². The zero-order chi connectivity index (χ0) is 13.1. The minimum Gasteiger partial charge on any atom is -0.382 e. The summed E-state index contributed by atoms with van der Waals surface area (Å²) >= 11 is 9.19. The Morgan fingerprint density at radius 2 is 2.28 bits per heavy atom. The Morgan fingerprint density at radius 1 is 1.50 bits per heavy atom. The van der Waals surface area contributed by atoms with Gasteiger partial charge in [0.15, 0.2) is 0 Å². The van der Waals surface area contributed by atoms with Gasteiger partial charge < -0.3 is 11.1 Å². The zero-order valence-corrected chi connectivity index (χ0v) is 11.6. The molecule has 0 spiro atoms. The fourth-order valence-electron chi connectivity index (χ4n) is 1.40. The number of carbonyl (C=O) groups is 1. The van der Waals surface area contributed by atoms with Crippen molar-refractivity contribution in [3.63, 3.8) is 0 Å². The van der Waals surface area contributed by atoms with Gasteiger partial charge in [-0.25, -0.2) is 0 Å². The van der Waals surface area contributed by atoms with Gasteiger partial charge in [-0.05, 0) is 40.2 Å². The molecule has 1 aromatic heterocycles. The standard InChI is InChI=1S/C11H10BrClN4O/c12-8-2-1-7(13)5-9(8)15-11(18)6-17-4-3-10(14)16-17/h1-5H,6H2,(H2,14,16)(H,15,18). The number of hydrogen-bond acceptors (Lipinski definition) is 3. The third-order valence-corrected chi connectivity index (χ3v) is 3.10. The molecule has 0 fully saturated rings. The number of nitrogens with zero attached hydrogens (tertiary/aromatic N) is 2. The summed E-state index contributed by atoms with van der Waals surface area (Å²) in [5, 5.41) is 7.22. The molecular formula is C11H10BrClN4O. The molecule has 1 amide bonds. The van der Waals surface area contributed by atoms with E-state index in [1.54, 1.807) is 30.5 Å². The lowest BCUT2D eigenvalue weighted by Gasteiger charge is -2.07. The summed E-state index contributed by atoms with van der Waals surface area (Å²) in [7, 11) is 0. The van der Waals surface area contributed by atoms with E-state index >= 15 is 0 Å². The van der Waals surface area contributed by atoms with Crippen molar-refractivity contribution < 1.29 is 4.79 Å². The summed E-state index contributed by atoms with van der Waals surface area (Å²) in [5.41, 5.74) is 6.08. The van der Waals surface area contributed by atoms with Crippen LogP contribution in [0.2, 0.25) is 5.02 Å². The predicted molar refractivity (Wildman–Crippen MR) is 74.4 cm³/mol. The Bertz CT molecular complexity index is 584. The number of carbonyl (C=O) groups excluding carboxylic acids is 1. The number of nitrogen functional groups attached to an aromatic ring is 1. The quantitative estimate of drug-likeness (QED) is 0.909. The molecule has 0 aliphatic carbocycles. The second-order valence-electron chi connectivity index (χ2n) is 3.61. The van der Waals surface area contributed by atoms with E-state index in [1.165, 1.54) is 4.68 Å². The largest absolute Gasteiger partial charge is 0.382 e. The van der Waals surface area contributed by atoms with Crippen molar-refractivity contribution in [3.8, 4) is 0 Å². The lowest BCUT2D eigenvalue weighted by molar-refractivity contribution is -0.116. The van der Waals surface area contributed by atoms with Gasteiger partial charge in [-0.15, -0.1) is 0 Å². The van der Waals surface area contributed by atoms with Crippen LogP contribution in [0.3, 0.4) is 0 Å². The van der Waals surface area contributed by atoms with Crippen LogP contribution in [0.25, 0.3) is 0 Å². The van der Waals surface area contributed by atoms with Crippen molar-refractivity contribution in [1.82, 2.24) is 9.78 Å². The number of nitrogens with two attached hydrogens (primary N) is 1. The number of nitrogens with one attached hydrogen (secondary N) is 1. The highest BCUT2D eigenvalue weighted by Crippen LogP contribution is 2.25. The Balaban J connectivity index is 2.05. The van der Waals surface area contributed by atoms with Crippen LogP contribution in [0.5, 0.6) is 0 Å². The van der Waals surface area contributed by atoms with Crippen LogP contribution in [0.1, 0.15) is 0 Å². The monoisotopic (exact) mass is 328 g/mol. The summed E-state index contributed by atoms with van der Waals surface area (Å²) in [6, 6.07) is 6.79. The summed E-state index contributed by atoms with van der Waals surface area (Å²) in [4.78, 5) is 11.8. The Kier molecular flexibility index (Phi) is 3.88. The normalized spacial score (nSPS) is 10.3. The van der Waals surface area contributed by atoms with Crippen molar-refractivity contribution in [1.29, 1.82) is 0 Å². The zero-order valence-electron chi connectivity index (χ0n) is 9.23. The summed E-state index contributed by atoms with van der Waals surface area (Å²) in [6.07, 6.45) is 1.64. The highest BCUT2D eigenvalue weighted by atomic mass is 79.9. The molecule has 0 saturated heterocycles. The highest BCUT2D eigenvalue weighted by molar-refractivity contribution is 9.10. The summed E-state index contributed by atoms with van der Waals surface area (Å²) < 4.78 is 2.23. The van der Waals surface area contributed by atoms with Gasteiger partial charge >= 0.3 is 0 Å². The Morgan fingerprint density at radius 3 is 2.94 bits per heavy atom. The van der Waals surface area contributed by atoms with Gasteiger partial charge in [0.05, 0.1) is 5.69 Å². The molecule has 1 heterocycles. The van der Waals surface area contributed by atoms with Gasteiger partial charge in [0.2, 0.25) is 5.91 Å². The molecule has 94 valence electrons. The van der Waals surface area contributed by atoms with Gasteiger partial charge in [-0.3, -0.25) is 9.48 Å². The maximum atomic E-state index is 11.8. The second-order valence-corrected chi connectivity index (χ2v) is 4.90. The number of hydrogen-bond donors (Lipinski definition) is 2. The van der Waals surface area contributed by atoms with Crippen LogP contribution in [-0.4, -0.2) is 15.7 Å². The van der Waals surface area contributed by atoms with Crippen molar-refractivity contribution in [3.05, 3.63) is 40.0 Å². The highest BCUT2D eigenvalue weighted by Gasteiger charge is 2.07. The van der Waals surface area contributed by atoms with E-state index in [-0.39, 0.29) is 12.5 Å². The van der Waals surface area contributed by atoms with Gasteiger partial charge in [-0.2, -0.15) is 5.10 Å². The average molecular weight is 330 g/mol. The number of anilines is 2. The van der Waals surface area contributed by atoms with Crippen LogP contribution >= 0.6 is 27.5 Å². The molecule has 2 rings (SSSR count). The van der Waals surface area contributed by atoms with Gasteiger partial charge in [0.25, 0.3) is 0 Å². The van der Waals surface area contributed by atoms with Crippen molar-refractivity contribution >= 4 is 44.9 Å². The molecule has 0 radical (unpaired) electrons. The second kappa shape index (κ2) is 5.41. The summed E-state index contributed by atoms with van der Waals surface area (Å²) in [6.45, 7) is 0.0934. The van der Waals surface area contributed by atoms with E-state index in [9.17, 15) is 4.79 Å². The first-order valence-corrected chi connectivity index (χ1v) is 6.25. The van der Waals surface area contributed by atoms with Gasteiger partial charge in [-0.1, -0.05) is 11.6 Å². The molecule has 3 N–H and O–H groups in total. The molecule has 18 heavy (non-hydrogen) atoms. The van der Waals surface area contributed by atoms with Crippen LogP contribution in [0.4, 0.5) is 11.5 Å². The smallest absolute Gasteiger partial charge is 0.246 e. The molecule has 0 unspecified atom stereocenters. The SMILES string of the molecule is Nc1ccn(CC(=O)Nc2cc(Cl)ccc2Br)n1. The van der Waals surface area contributed by atoms with E-state index in [2.05, 4.69) is 26.3 Å². The maximum absolute atomic E-state index is 11.8. The number of halogens is 2. The maximum Gasteiger partial charge on any atom is 0.246 e. The predicted octanol–water partition coefficient (Wildman–Crippen LogP) is 2.52. The number of benzene rings is 1. The molecule has 7 heteroatoms. The van der Waals surface area contributed by atoms with E-state index in [0.29, 0.717) is 16.5 Å². The van der Waals surface area contributed by atoms with Gasteiger partial charge in [0, 0.05) is 15.7 Å². The topological polar surface area (TPSA) is 72.9 Å². The number of rotatable bonds is 3. The van der Waals surface area contributed by atoms with Crippen LogP contribution < -0.4 is 11.1 Å². The molecule has 0 bridgehead atoms. The van der Waals surface area contributed by atoms with E-state index in [1.807, 2.05) is 0 Å². The molecule has 0 aliphatic heterocycles. The lowest BCUT2D eigenvalue weighted by atomic mass is 10.3. The van der Waals surface area contributed by atoms with Crippen LogP contribution in [0, 0.1) is 0 Å². The van der Waals surface area contributed by atoms with E-state index < -0.39 is 0 Å². The molecule has 0 aliphatic rings. The Hall–Kier alpha value is -1.53. The fourth-order valence-corrected chi connectivity index (χ4v) is 1.91. The van der Waals surface area contributed by atoms with Crippen molar-refractivity contribution in [2.75, 3.05) is 11.1 Å². The molecule has 5 nitrogen and oxygen atoms in total. The van der Waals surface area contributed by atoms with Crippen LogP contribution in [-0.2, 0) is 11.3 Å². The molecule has 0 saturated carbocycles. The number of amides is 1. The molecule has 1 aromatic carbocycles. The Labute approximate surface area is 117 Å². The van der Waals surface area contributed by atoms with E-state index in [0.717, 1.165) is 4.47 Å². The first kappa shape index (κ1) is 12.9. The summed E-state index contributed by atoms with van der Waals surface area (Å²) in [5.74, 6) is 0.174. The third kappa shape index (κ3) is 3.24. The van der Waals surface area contributed by atoms with Gasteiger partial charge in [0.1, 0.15) is 12.4 Å².